The maximum Gasteiger partial charge on any atom is 0.192 e. The zero-order valence-corrected chi connectivity index (χ0v) is 18.3. The summed E-state index contributed by atoms with van der Waals surface area (Å²) in [6, 6.07) is 6.28. The van der Waals surface area contributed by atoms with Crippen LogP contribution in [0.25, 0.3) is 0 Å². The van der Waals surface area contributed by atoms with Gasteiger partial charge in [-0.3, -0.25) is 4.98 Å². The molecular weight excluding hydrogens is 403 g/mol. The number of benzene rings is 1. The summed E-state index contributed by atoms with van der Waals surface area (Å²) in [4.78, 5) is 3.80. The van der Waals surface area contributed by atoms with Crippen LogP contribution in [0.1, 0.15) is 50.8 Å². The predicted molar refractivity (Wildman–Crippen MR) is 110 cm³/mol. The van der Waals surface area contributed by atoms with E-state index in [9.17, 15) is 13.2 Å². The molecule has 7 heteroatoms. The first-order valence-corrected chi connectivity index (χ1v) is 12.7. The second-order valence-corrected chi connectivity index (χ2v) is 12.2. The van der Waals surface area contributed by atoms with Gasteiger partial charge in [0.15, 0.2) is 8.32 Å². The topological polar surface area (TPSA) is 22.1 Å². The lowest BCUT2D eigenvalue weighted by Crippen LogP contribution is -2.37. The third kappa shape index (κ3) is 5.81. The first kappa shape index (κ1) is 22.9. The molecular formula is C21H27ClF3NOSi. The van der Waals surface area contributed by atoms with Gasteiger partial charge < -0.3 is 4.43 Å². The Morgan fingerprint density at radius 3 is 2.14 bits per heavy atom. The van der Waals surface area contributed by atoms with Crippen LogP contribution in [-0.2, 0) is 10.8 Å². The van der Waals surface area contributed by atoms with Crippen LogP contribution in [0.5, 0.6) is 0 Å². The van der Waals surface area contributed by atoms with Crippen LogP contribution in [0.4, 0.5) is 13.2 Å². The summed E-state index contributed by atoms with van der Waals surface area (Å²) in [6.45, 7) is 6.32. The van der Waals surface area contributed by atoms with Gasteiger partial charge in [-0.15, -0.1) is 0 Å². The second-order valence-electron chi connectivity index (χ2n) is 7.04. The van der Waals surface area contributed by atoms with Gasteiger partial charge >= 0.3 is 0 Å². The van der Waals surface area contributed by atoms with Gasteiger partial charge in [-0.2, -0.15) is 0 Å². The molecule has 0 saturated heterocycles. The largest absolute Gasteiger partial charge is 0.410 e. The smallest absolute Gasteiger partial charge is 0.192 e. The maximum atomic E-state index is 14.5. The van der Waals surface area contributed by atoms with Crippen molar-refractivity contribution in [2.24, 2.45) is 0 Å². The van der Waals surface area contributed by atoms with Gasteiger partial charge in [-0.25, -0.2) is 13.2 Å². The standard InChI is InChI=1S/C21H27ClF3NOSi/c1-4-28(5-2,6-3)27-20(21-18(22)13-26-14-19(21)25)9-7-8-15-10-16(23)12-17(24)11-15/h10-14,20H,4-9H2,1-3H3. The monoisotopic (exact) mass is 429 g/mol. The lowest BCUT2D eigenvalue weighted by atomic mass is 10.0. The van der Waals surface area contributed by atoms with Crippen molar-refractivity contribution in [1.82, 2.24) is 4.98 Å². The summed E-state index contributed by atoms with van der Waals surface area (Å²) in [6.07, 6.45) is 3.64. The number of hydrogen-bond acceptors (Lipinski definition) is 2. The molecule has 1 aromatic heterocycles. The molecule has 0 N–H and O–H groups in total. The molecule has 0 fully saturated rings. The highest BCUT2D eigenvalue weighted by Crippen LogP contribution is 2.36. The molecule has 2 rings (SSSR count). The van der Waals surface area contributed by atoms with Crippen molar-refractivity contribution < 1.29 is 17.6 Å². The first-order chi connectivity index (χ1) is 13.3. The number of rotatable bonds is 10. The van der Waals surface area contributed by atoms with Crippen molar-refractivity contribution in [3.05, 3.63) is 64.2 Å². The van der Waals surface area contributed by atoms with E-state index in [1.165, 1.54) is 18.3 Å². The minimum Gasteiger partial charge on any atom is -0.410 e. The normalized spacial score (nSPS) is 13.0. The fourth-order valence-electron chi connectivity index (χ4n) is 3.54. The number of aryl methyl sites for hydroxylation is 1. The van der Waals surface area contributed by atoms with Crippen molar-refractivity contribution >= 4 is 19.9 Å². The van der Waals surface area contributed by atoms with Gasteiger partial charge in [0.25, 0.3) is 0 Å². The Bertz CT molecular complexity index is 737. The Labute approximate surface area is 171 Å². The van der Waals surface area contributed by atoms with Crippen molar-refractivity contribution in [3.63, 3.8) is 0 Å². The molecule has 154 valence electrons. The van der Waals surface area contributed by atoms with Crippen LogP contribution in [0.3, 0.4) is 0 Å². The summed E-state index contributed by atoms with van der Waals surface area (Å²) in [5.41, 5.74) is 0.900. The third-order valence-corrected chi connectivity index (χ3v) is 10.3. The Balaban J connectivity index is 2.23. The van der Waals surface area contributed by atoms with Crippen LogP contribution in [0.2, 0.25) is 23.2 Å². The maximum absolute atomic E-state index is 14.5. The summed E-state index contributed by atoms with van der Waals surface area (Å²) in [5, 5.41) is 0.244. The van der Waals surface area contributed by atoms with Crippen molar-refractivity contribution in [1.29, 1.82) is 0 Å². The van der Waals surface area contributed by atoms with E-state index in [0.717, 1.165) is 30.4 Å². The minimum absolute atomic E-state index is 0.244. The van der Waals surface area contributed by atoms with Gasteiger partial charge in [0, 0.05) is 17.8 Å². The summed E-state index contributed by atoms with van der Waals surface area (Å²) in [5.74, 6) is -1.68. The SMILES string of the molecule is CC[Si](CC)(CC)OC(CCCc1cc(F)cc(F)c1)c1c(F)cncc1Cl. The lowest BCUT2D eigenvalue weighted by Gasteiger charge is -2.34. The van der Waals surface area contributed by atoms with E-state index < -0.39 is 31.9 Å². The van der Waals surface area contributed by atoms with Crippen molar-refractivity contribution in [2.45, 2.75) is 64.3 Å². The first-order valence-electron chi connectivity index (χ1n) is 9.75. The van der Waals surface area contributed by atoms with E-state index in [0.29, 0.717) is 30.4 Å². The molecule has 2 nitrogen and oxygen atoms in total. The average Bonchev–Trinajstić information content (AvgIpc) is 2.65. The molecule has 0 aliphatic carbocycles. The van der Waals surface area contributed by atoms with Crippen LogP contribution >= 0.6 is 11.6 Å². The Morgan fingerprint density at radius 2 is 1.61 bits per heavy atom. The Hall–Kier alpha value is -1.37. The number of nitrogens with zero attached hydrogens (tertiary/aromatic N) is 1. The Kier molecular flexibility index (Phi) is 8.52. The molecule has 2 aromatic rings. The molecule has 28 heavy (non-hydrogen) atoms. The fourth-order valence-corrected chi connectivity index (χ4v) is 6.65. The minimum atomic E-state index is -2.02. The van der Waals surface area contributed by atoms with Crippen LogP contribution in [0.15, 0.2) is 30.6 Å². The Morgan fingerprint density at radius 1 is 1.00 bits per heavy atom. The van der Waals surface area contributed by atoms with Gasteiger partial charge in [-0.1, -0.05) is 32.4 Å². The molecule has 0 amide bonds. The van der Waals surface area contributed by atoms with E-state index in [4.69, 9.17) is 16.0 Å². The van der Waals surface area contributed by atoms with E-state index in [-0.39, 0.29) is 5.02 Å². The predicted octanol–water partition coefficient (Wildman–Crippen LogP) is 7.24. The summed E-state index contributed by atoms with van der Waals surface area (Å²) in [7, 11) is -2.02. The molecule has 1 unspecified atom stereocenters. The van der Waals surface area contributed by atoms with Crippen LogP contribution < -0.4 is 0 Å². The van der Waals surface area contributed by atoms with Crippen LogP contribution in [0, 0.1) is 17.5 Å². The van der Waals surface area contributed by atoms with Crippen molar-refractivity contribution in [3.8, 4) is 0 Å². The molecule has 1 heterocycles. The van der Waals surface area contributed by atoms with E-state index in [1.807, 2.05) is 0 Å². The summed E-state index contributed by atoms with van der Waals surface area (Å²) >= 11 is 6.25. The molecule has 0 bridgehead atoms. The quantitative estimate of drug-likeness (QED) is 0.371. The molecule has 0 aliphatic heterocycles. The lowest BCUT2D eigenvalue weighted by molar-refractivity contribution is 0.172. The molecule has 0 radical (unpaired) electrons. The second kappa shape index (κ2) is 10.4. The highest BCUT2D eigenvalue weighted by atomic mass is 35.5. The van der Waals surface area contributed by atoms with Crippen molar-refractivity contribution in [2.75, 3.05) is 0 Å². The number of hydrogen-bond donors (Lipinski definition) is 0. The van der Waals surface area contributed by atoms with E-state index in [1.54, 1.807) is 0 Å². The highest BCUT2D eigenvalue weighted by Gasteiger charge is 2.34. The molecule has 1 atom stereocenters. The molecule has 0 saturated carbocycles. The van der Waals surface area contributed by atoms with Gasteiger partial charge in [0.05, 0.1) is 17.3 Å². The average molecular weight is 430 g/mol. The van der Waals surface area contributed by atoms with E-state index in [2.05, 4.69) is 25.8 Å². The fraction of sp³-hybridized carbons (Fsp3) is 0.476. The van der Waals surface area contributed by atoms with E-state index >= 15 is 0 Å². The number of halogens is 4. The molecule has 0 spiro atoms. The summed E-state index contributed by atoms with van der Waals surface area (Å²) < 4.78 is 47.9. The molecule has 1 aromatic carbocycles. The van der Waals surface area contributed by atoms with Gasteiger partial charge in [-0.05, 0) is 55.1 Å². The van der Waals surface area contributed by atoms with Gasteiger partial charge in [0.1, 0.15) is 17.5 Å². The third-order valence-electron chi connectivity index (χ3n) is 5.39. The number of aromatic nitrogens is 1. The molecule has 0 aliphatic rings. The number of pyridine rings is 1. The van der Waals surface area contributed by atoms with Crippen LogP contribution in [-0.4, -0.2) is 13.3 Å². The zero-order chi connectivity index (χ0) is 20.7. The van der Waals surface area contributed by atoms with Gasteiger partial charge in [0.2, 0.25) is 0 Å². The zero-order valence-electron chi connectivity index (χ0n) is 16.6. The highest BCUT2D eigenvalue weighted by molar-refractivity contribution is 6.73.